The minimum atomic E-state index is -0.230. The first-order valence-electron chi connectivity index (χ1n) is 5.00. The van der Waals surface area contributed by atoms with E-state index in [1.54, 1.807) is 6.07 Å². The van der Waals surface area contributed by atoms with Gasteiger partial charge in [-0.3, -0.25) is 4.79 Å². The van der Waals surface area contributed by atoms with E-state index in [1.807, 2.05) is 44.2 Å². The summed E-state index contributed by atoms with van der Waals surface area (Å²) in [5.74, 6) is -0.230. The van der Waals surface area contributed by atoms with Crippen LogP contribution in [0.1, 0.15) is 25.8 Å². The number of nitriles is 1. The minimum absolute atomic E-state index is 0.0766. The second-order valence-electron chi connectivity index (χ2n) is 2.60. The average Bonchev–Trinajstić information content (AvgIpc) is 2.31. The molecule has 1 aromatic carbocycles. The molecule has 0 aliphatic heterocycles. The summed E-state index contributed by atoms with van der Waals surface area (Å²) in [6.45, 7) is 4.49. The third kappa shape index (κ3) is 6.28. The molecular weight excluding hydrogens is 188 g/mol. The highest BCUT2D eigenvalue weighted by Gasteiger charge is 1.98. The fraction of sp³-hybridized carbons (Fsp3) is 0.333. The van der Waals surface area contributed by atoms with E-state index in [0.29, 0.717) is 6.54 Å². The largest absolute Gasteiger partial charge is 0.351 e. The lowest BCUT2D eigenvalue weighted by Gasteiger charge is -2.01. The molecule has 1 aromatic rings. The quantitative estimate of drug-likeness (QED) is 0.820. The highest BCUT2D eigenvalue weighted by molar-refractivity contribution is 5.77. The molecule has 1 amide bonds. The van der Waals surface area contributed by atoms with E-state index in [9.17, 15) is 4.79 Å². The molecule has 0 saturated heterocycles. The van der Waals surface area contributed by atoms with Crippen LogP contribution in [-0.4, -0.2) is 5.91 Å². The molecule has 0 fully saturated rings. The summed E-state index contributed by atoms with van der Waals surface area (Å²) in [7, 11) is 0. The molecule has 15 heavy (non-hydrogen) atoms. The molecule has 0 aliphatic rings. The lowest BCUT2D eigenvalue weighted by molar-refractivity contribution is -0.120. The number of amides is 1. The topological polar surface area (TPSA) is 52.9 Å². The van der Waals surface area contributed by atoms with Gasteiger partial charge in [-0.1, -0.05) is 44.2 Å². The summed E-state index contributed by atoms with van der Waals surface area (Å²) in [4.78, 5) is 10.9. The van der Waals surface area contributed by atoms with E-state index in [1.165, 1.54) is 0 Å². The maximum Gasteiger partial charge on any atom is 0.234 e. The van der Waals surface area contributed by atoms with E-state index >= 15 is 0 Å². The van der Waals surface area contributed by atoms with Crippen molar-refractivity contribution in [3.8, 4) is 6.07 Å². The third-order valence-corrected chi connectivity index (χ3v) is 1.57. The number of hydrogen-bond donors (Lipinski definition) is 1. The summed E-state index contributed by atoms with van der Waals surface area (Å²) in [5.41, 5.74) is 1.04. The van der Waals surface area contributed by atoms with Gasteiger partial charge in [0, 0.05) is 6.54 Å². The van der Waals surface area contributed by atoms with E-state index in [0.717, 1.165) is 5.56 Å². The van der Waals surface area contributed by atoms with Gasteiger partial charge in [-0.15, -0.1) is 0 Å². The van der Waals surface area contributed by atoms with Crippen LogP contribution < -0.4 is 5.32 Å². The van der Waals surface area contributed by atoms with Crippen LogP contribution in [0.4, 0.5) is 0 Å². The van der Waals surface area contributed by atoms with Crippen molar-refractivity contribution in [3.63, 3.8) is 0 Å². The molecule has 0 spiro atoms. The fourth-order valence-corrected chi connectivity index (χ4v) is 0.931. The number of benzene rings is 1. The molecule has 1 N–H and O–H groups in total. The van der Waals surface area contributed by atoms with Crippen molar-refractivity contribution >= 4 is 5.91 Å². The predicted octanol–water partition coefficient (Wildman–Crippen LogP) is 2.24. The zero-order valence-electron chi connectivity index (χ0n) is 9.16. The maximum absolute atomic E-state index is 10.9. The standard InChI is InChI=1S/C10H10N2O.C2H6/c11-7-6-10(13)12-8-9-4-2-1-3-5-9;1-2/h1-5H,6,8H2,(H,12,13);1-2H3. The summed E-state index contributed by atoms with van der Waals surface area (Å²) in [6, 6.07) is 11.4. The van der Waals surface area contributed by atoms with Gasteiger partial charge >= 0.3 is 0 Å². The highest BCUT2D eigenvalue weighted by atomic mass is 16.1. The van der Waals surface area contributed by atoms with Crippen molar-refractivity contribution in [2.24, 2.45) is 0 Å². The Bertz CT molecular complexity index is 314. The van der Waals surface area contributed by atoms with Crippen molar-refractivity contribution in [3.05, 3.63) is 35.9 Å². The molecule has 0 heterocycles. The van der Waals surface area contributed by atoms with Crippen molar-refractivity contribution in [2.45, 2.75) is 26.8 Å². The lowest BCUT2D eigenvalue weighted by Crippen LogP contribution is -2.21. The van der Waals surface area contributed by atoms with Gasteiger partial charge in [-0.2, -0.15) is 5.26 Å². The van der Waals surface area contributed by atoms with Gasteiger partial charge in [0.15, 0.2) is 0 Å². The molecule has 0 saturated carbocycles. The molecule has 1 rings (SSSR count). The van der Waals surface area contributed by atoms with Crippen molar-refractivity contribution in [1.29, 1.82) is 5.26 Å². The summed E-state index contributed by atoms with van der Waals surface area (Å²) < 4.78 is 0. The van der Waals surface area contributed by atoms with Gasteiger partial charge in [0.1, 0.15) is 6.42 Å². The van der Waals surface area contributed by atoms with Crippen molar-refractivity contribution in [1.82, 2.24) is 5.32 Å². The predicted molar refractivity (Wildman–Crippen MR) is 59.9 cm³/mol. The molecule has 3 heteroatoms. The van der Waals surface area contributed by atoms with Crippen LogP contribution in [0.25, 0.3) is 0 Å². The van der Waals surface area contributed by atoms with Crippen LogP contribution in [-0.2, 0) is 11.3 Å². The molecule has 0 aliphatic carbocycles. The molecule has 80 valence electrons. The number of nitrogens with zero attached hydrogens (tertiary/aromatic N) is 1. The SMILES string of the molecule is CC.N#CCC(=O)NCc1ccccc1. The lowest BCUT2D eigenvalue weighted by atomic mass is 10.2. The first-order valence-corrected chi connectivity index (χ1v) is 5.00. The monoisotopic (exact) mass is 204 g/mol. The number of carbonyl (C=O) groups is 1. The number of hydrogen-bond acceptors (Lipinski definition) is 2. The Balaban J connectivity index is 0.000000921. The van der Waals surface area contributed by atoms with Crippen LogP contribution >= 0.6 is 0 Å². The molecule has 0 unspecified atom stereocenters. The average molecular weight is 204 g/mol. The highest BCUT2D eigenvalue weighted by Crippen LogP contribution is 1.96. The molecule has 0 radical (unpaired) electrons. The molecule has 0 aromatic heterocycles. The Kier molecular flexibility index (Phi) is 7.70. The Morgan fingerprint density at radius 3 is 2.47 bits per heavy atom. The number of carbonyl (C=O) groups excluding carboxylic acids is 1. The molecule has 0 bridgehead atoms. The van der Waals surface area contributed by atoms with Gasteiger partial charge in [-0.05, 0) is 5.56 Å². The van der Waals surface area contributed by atoms with Crippen molar-refractivity contribution < 1.29 is 4.79 Å². The van der Waals surface area contributed by atoms with Crippen LogP contribution in [0.5, 0.6) is 0 Å². The second kappa shape index (κ2) is 8.76. The van der Waals surface area contributed by atoms with E-state index in [2.05, 4.69) is 5.32 Å². The Hall–Kier alpha value is -1.82. The van der Waals surface area contributed by atoms with E-state index in [-0.39, 0.29) is 12.3 Å². The molecule has 3 nitrogen and oxygen atoms in total. The summed E-state index contributed by atoms with van der Waals surface area (Å²) >= 11 is 0. The fourth-order valence-electron chi connectivity index (χ4n) is 0.931. The van der Waals surface area contributed by atoms with Gasteiger partial charge in [0.25, 0.3) is 0 Å². The van der Waals surface area contributed by atoms with Gasteiger partial charge in [-0.25, -0.2) is 0 Å². The molecular formula is C12H16N2O. The maximum atomic E-state index is 10.9. The summed E-state index contributed by atoms with van der Waals surface area (Å²) in [5, 5.41) is 10.9. The number of nitrogens with one attached hydrogen (secondary N) is 1. The van der Waals surface area contributed by atoms with E-state index in [4.69, 9.17) is 5.26 Å². The van der Waals surface area contributed by atoms with E-state index < -0.39 is 0 Å². The Labute approximate surface area is 90.7 Å². The molecule has 0 atom stereocenters. The van der Waals surface area contributed by atoms with Crippen LogP contribution in [0.2, 0.25) is 0 Å². The smallest absolute Gasteiger partial charge is 0.234 e. The first kappa shape index (κ1) is 13.2. The minimum Gasteiger partial charge on any atom is -0.351 e. The Morgan fingerprint density at radius 1 is 1.33 bits per heavy atom. The van der Waals surface area contributed by atoms with Crippen LogP contribution in [0.3, 0.4) is 0 Å². The first-order chi connectivity index (χ1) is 7.33. The zero-order chi connectivity index (χ0) is 11.5. The Morgan fingerprint density at radius 2 is 1.93 bits per heavy atom. The normalized spacial score (nSPS) is 8.07. The summed E-state index contributed by atoms with van der Waals surface area (Å²) in [6.07, 6.45) is -0.0766. The second-order valence-corrected chi connectivity index (χ2v) is 2.60. The van der Waals surface area contributed by atoms with Gasteiger partial charge in [0.05, 0.1) is 6.07 Å². The third-order valence-electron chi connectivity index (χ3n) is 1.57. The van der Waals surface area contributed by atoms with Crippen LogP contribution in [0.15, 0.2) is 30.3 Å². The van der Waals surface area contributed by atoms with Crippen molar-refractivity contribution in [2.75, 3.05) is 0 Å². The number of rotatable bonds is 3. The zero-order valence-corrected chi connectivity index (χ0v) is 9.16. The van der Waals surface area contributed by atoms with Crippen LogP contribution in [0, 0.1) is 11.3 Å². The van der Waals surface area contributed by atoms with Gasteiger partial charge in [0.2, 0.25) is 5.91 Å². The van der Waals surface area contributed by atoms with Gasteiger partial charge < -0.3 is 5.32 Å².